The molecule has 0 atom stereocenters. The van der Waals surface area contributed by atoms with Crippen LogP contribution in [0.15, 0.2) is 18.5 Å². The van der Waals surface area contributed by atoms with E-state index >= 15 is 0 Å². The third kappa shape index (κ3) is 2.51. The van der Waals surface area contributed by atoms with E-state index in [9.17, 15) is 4.79 Å². The molecule has 0 aliphatic heterocycles. The predicted molar refractivity (Wildman–Crippen MR) is 67.2 cm³/mol. The Kier molecular flexibility index (Phi) is 3.34. The first-order valence-corrected chi connectivity index (χ1v) is 5.74. The first kappa shape index (κ1) is 12.6. The summed E-state index contributed by atoms with van der Waals surface area (Å²) in [6.07, 6.45) is 1.55. The minimum atomic E-state index is -0.835. The average molecular weight is 266 g/mol. The van der Waals surface area contributed by atoms with Crippen LogP contribution in [0.1, 0.15) is 16.7 Å². The summed E-state index contributed by atoms with van der Waals surface area (Å²) in [6.45, 7) is 3.76. The Morgan fingerprint density at radius 3 is 2.44 bits per heavy atom. The third-order valence-electron chi connectivity index (χ3n) is 2.74. The van der Waals surface area contributed by atoms with Crippen LogP contribution in [0.25, 0.3) is 5.69 Å². The maximum Gasteiger partial charge on any atom is 0.307 e. The molecule has 0 fully saturated rings. The molecule has 0 bridgehead atoms. The van der Waals surface area contributed by atoms with E-state index in [-0.39, 0.29) is 11.7 Å². The lowest BCUT2D eigenvalue weighted by Gasteiger charge is -2.10. The molecular formula is C12H12ClN3O2. The van der Waals surface area contributed by atoms with Crippen molar-refractivity contribution in [3.63, 3.8) is 0 Å². The van der Waals surface area contributed by atoms with Crippen LogP contribution < -0.4 is 0 Å². The van der Waals surface area contributed by atoms with Crippen molar-refractivity contribution in [3.05, 3.63) is 40.4 Å². The van der Waals surface area contributed by atoms with Gasteiger partial charge in [0, 0.05) is 0 Å². The van der Waals surface area contributed by atoms with Gasteiger partial charge in [0.05, 0.1) is 12.1 Å². The Labute approximate surface area is 109 Å². The number of benzene rings is 1. The molecule has 0 spiro atoms. The first-order valence-electron chi connectivity index (χ1n) is 5.37. The molecule has 0 amide bonds. The highest BCUT2D eigenvalue weighted by atomic mass is 35.5. The summed E-state index contributed by atoms with van der Waals surface area (Å²) in [6, 6.07) is 3.74. The fourth-order valence-corrected chi connectivity index (χ4v) is 2.03. The van der Waals surface area contributed by atoms with Crippen LogP contribution >= 0.6 is 11.6 Å². The number of carbonyl (C=O) groups is 1. The SMILES string of the molecule is Cc1cc(-n2cnc(Cl)n2)cc(C)c1CC(=O)O. The van der Waals surface area contributed by atoms with Crippen molar-refractivity contribution < 1.29 is 9.90 Å². The standard InChI is InChI=1S/C12H12ClN3O2/c1-7-3-9(16-6-14-12(13)15-16)4-8(2)10(7)5-11(17)18/h3-4,6H,5H2,1-2H3,(H,17,18). The smallest absolute Gasteiger partial charge is 0.307 e. The molecule has 0 saturated heterocycles. The monoisotopic (exact) mass is 265 g/mol. The Hall–Kier alpha value is -1.88. The fraction of sp³-hybridized carbons (Fsp3) is 0.250. The summed E-state index contributed by atoms with van der Waals surface area (Å²) >= 11 is 5.67. The quantitative estimate of drug-likeness (QED) is 0.923. The summed E-state index contributed by atoms with van der Waals surface area (Å²) in [5.41, 5.74) is 3.48. The molecule has 0 unspecified atom stereocenters. The van der Waals surface area contributed by atoms with E-state index in [0.717, 1.165) is 22.4 Å². The molecule has 1 aromatic heterocycles. The number of carboxylic acids is 1. The second-order valence-electron chi connectivity index (χ2n) is 4.09. The van der Waals surface area contributed by atoms with Gasteiger partial charge < -0.3 is 5.11 Å². The van der Waals surface area contributed by atoms with Crippen LogP contribution in [0.4, 0.5) is 0 Å². The fourth-order valence-electron chi connectivity index (χ4n) is 1.90. The van der Waals surface area contributed by atoms with Crippen LogP contribution in [-0.2, 0) is 11.2 Å². The number of aliphatic carboxylic acids is 1. The molecule has 94 valence electrons. The average Bonchev–Trinajstić information content (AvgIpc) is 2.70. The molecule has 2 aromatic rings. The number of aromatic nitrogens is 3. The van der Waals surface area contributed by atoms with E-state index in [0.29, 0.717) is 0 Å². The molecule has 0 aliphatic carbocycles. The summed E-state index contributed by atoms with van der Waals surface area (Å²) in [5.74, 6) is -0.835. The lowest BCUT2D eigenvalue weighted by Crippen LogP contribution is -2.06. The molecule has 1 aromatic carbocycles. The zero-order valence-electron chi connectivity index (χ0n) is 10.0. The summed E-state index contributed by atoms with van der Waals surface area (Å²) < 4.78 is 1.56. The highest BCUT2D eigenvalue weighted by Crippen LogP contribution is 2.20. The van der Waals surface area contributed by atoms with Crippen LogP contribution in [0.3, 0.4) is 0 Å². The zero-order valence-corrected chi connectivity index (χ0v) is 10.8. The molecule has 2 rings (SSSR count). The van der Waals surface area contributed by atoms with Gasteiger partial charge in [-0.25, -0.2) is 9.67 Å². The van der Waals surface area contributed by atoms with Gasteiger partial charge in [0.1, 0.15) is 6.33 Å². The Balaban J connectivity index is 2.45. The molecule has 18 heavy (non-hydrogen) atoms. The van der Waals surface area contributed by atoms with Crippen molar-refractivity contribution in [1.82, 2.24) is 14.8 Å². The number of carboxylic acid groups (broad SMARTS) is 1. The minimum absolute atomic E-state index is 0.0239. The van der Waals surface area contributed by atoms with E-state index in [4.69, 9.17) is 16.7 Å². The molecule has 0 radical (unpaired) electrons. The largest absolute Gasteiger partial charge is 0.481 e. The zero-order chi connectivity index (χ0) is 13.3. The second kappa shape index (κ2) is 4.78. The predicted octanol–water partition coefficient (Wildman–Crippen LogP) is 2.16. The van der Waals surface area contributed by atoms with Gasteiger partial charge in [-0.2, -0.15) is 0 Å². The molecule has 1 heterocycles. The number of halogens is 1. The van der Waals surface area contributed by atoms with Crippen molar-refractivity contribution in [2.75, 3.05) is 0 Å². The molecule has 1 N–H and O–H groups in total. The van der Waals surface area contributed by atoms with Gasteiger partial charge >= 0.3 is 5.97 Å². The highest BCUT2D eigenvalue weighted by molar-refractivity contribution is 6.28. The lowest BCUT2D eigenvalue weighted by atomic mass is 9.99. The normalized spacial score (nSPS) is 10.6. The van der Waals surface area contributed by atoms with Gasteiger partial charge in [-0.3, -0.25) is 4.79 Å². The van der Waals surface area contributed by atoms with E-state index in [2.05, 4.69) is 10.1 Å². The van der Waals surface area contributed by atoms with Gasteiger partial charge in [-0.1, -0.05) is 0 Å². The number of hydrogen-bond donors (Lipinski definition) is 1. The van der Waals surface area contributed by atoms with Crippen molar-refractivity contribution in [1.29, 1.82) is 0 Å². The Morgan fingerprint density at radius 2 is 2.00 bits per heavy atom. The van der Waals surface area contributed by atoms with Crippen LogP contribution in [0, 0.1) is 13.8 Å². The number of rotatable bonds is 3. The van der Waals surface area contributed by atoms with Gasteiger partial charge in [-0.05, 0) is 54.3 Å². The van der Waals surface area contributed by atoms with Crippen molar-refractivity contribution in [2.45, 2.75) is 20.3 Å². The van der Waals surface area contributed by atoms with Gasteiger partial charge in [0.25, 0.3) is 0 Å². The Bertz CT molecular complexity index is 584. The van der Waals surface area contributed by atoms with Crippen molar-refractivity contribution in [2.24, 2.45) is 0 Å². The van der Waals surface area contributed by atoms with Crippen molar-refractivity contribution >= 4 is 17.6 Å². The van der Waals surface area contributed by atoms with E-state index in [1.54, 1.807) is 4.68 Å². The maximum atomic E-state index is 10.8. The summed E-state index contributed by atoms with van der Waals surface area (Å²) in [7, 11) is 0. The molecule has 5 nitrogen and oxygen atoms in total. The molecule has 0 saturated carbocycles. The van der Waals surface area contributed by atoms with E-state index < -0.39 is 5.97 Å². The molecule has 6 heteroatoms. The third-order valence-corrected chi connectivity index (χ3v) is 2.91. The topological polar surface area (TPSA) is 68.0 Å². The summed E-state index contributed by atoms with van der Waals surface area (Å²) in [4.78, 5) is 14.6. The van der Waals surface area contributed by atoms with Crippen LogP contribution in [0.5, 0.6) is 0 Å². The van der Waals surface area contributed by atoms with Gasteiger partial charge in [0.2, 0.25) is 5.28 Å². The first-order chi connectivity index (χ1) is 8.47. The second-order valence-corrected chi connectivity index (χ2v) is 4.42. The van der Waals surface area contributed by atoms with Crippen molar-refractivity contribution in [3.8, 4) is 5.69 Å². The van der Waals surface area contributed by atoms with E-state index in [1.807, 2.05) is 26.0 Å². The number of hydrogen-bond acceptors (Lipinski definition) is 3. The summed E-state index contributed by atoms with van der Waals surface area (Å²) in [5, 5.41) is 13.0. The minimum Gasteiger partial charge on any atom is -0.481 e. The van der Waals surface area contributed by atoms with Gasteiger partial charge in [0.15, 0.2) is 0 Å². The van der Waals surface area contributed by atoms with Crippen LogP contribution in [-0.4, -0.2) is 25.8 Å². The Morgan fingerprint density at radius 1 is 1.39 bits per heavy atom. The molecular weight excluding hydrogens is 254 g/mol. The number of aryl methyl sites for hydroxylation is 2. The van der Waals surface area contributed by atoms with E-state index in [1.165, 1.54) is 6.33 Å². The lowest BCUT2D eigenvalue weighted by molar-refractivity contribution is -0.136. The highest BCUT2D eigenvalue weighted by Gasteiger charge is 2.10. The maximum absolute atomic E-state index is 10.8. The molecule has 0 aliphatic rings. The van der Waals surface area contributed by atoms with Gasteiger partial charge in [-0.15, -0.1) is 5.10 Å². The number of nitrogens with zero attached hydrogens (tertiary/aromatic N) is 3. The van der Waals surface area contributed by atoms with Crippen LogP contribution in [0.2, 0.25) is 5.28 Å².